The molecule has 8 heteroatoms. The lowest BCUT2D eigenvalue weighted by molar-refractivity contribution is 0.0695. The number of rotatable bonds is 4. The summed E-state index contributed by atoms with van der Waals surface area (Å²) in [4.78, 5) is 26.2. The summed E-state index contributed by atoms with van der Waals surface area (Å²) in [6, 6.07) is 1.30. The molecular formula is C20H24FN3O4. The number of pyridine rings is 1. The van der Waals surface area contributed by atoms with Gasteiger partial charge in [-0.2, -0.15) is 0 Å². The molecule has 0 amide bonds. The third-order valence-electron chi connectivity index (χ3n) is 5.86. The molecule has 2 fully saturated rings. The molecule has 2 aromatic rings. The number of nitrogens with zero attached hydrogens (tertiary/aromatic N) is 2. The van der Waals surface area contributed by atoms with Gasteiger partial charge in [0.05, 0.1) is 18.0 Å². The maximum Gasteiger partial charge on any atom is 0.341 e. The molecule has 28 heavy (non-hydrogen) atoms. The number of carboxylic acid groups (broad SMARTS) is 1. The molecule has 1 aromatic carbocycles. The van der Waals surface area contributed by atoms with Gasteiger partial charge in [-0.15, -0.1) is 0 Å². The lowest BCUT2D eigenvalue weighted by Gasteiger charge is -2.37. The third-order valence-corrected chi connectivity index (χ3v) is 5.86. The Balaban J connectivity index is 1.99. The fraction of sp³-hybridized carbons (Fsp3) is 0.500. The zero-order valence-corrected chi connectivity index (χ0v) is 15.9. The Morgan fingerprint density at radius 3 is 2.64 bits per heavy atom. The van der Waals surface area contributed by atoms with E-state index in [0.717, 1.165) is 25.3 Å². The van der Waals surface area contributed by atoms with Crippen LogP contribution in [0.15, 0.2) is 17.1 Å². The van der Waals surface area contributed by atoms with Crippen molar-refractivity contribution in [2.45, 2.75) is 38.3 Å². The number of aromatic nitrogens is 1. The number of anilines is 1. The van der Waals surface area contributed by atoms with Gasteiger partial charge in [-0.3, -0.25) is 4.79 Å². The van der Waals surface area contributed by atoms with Crippen molar-refractivity contribution in [2.24, 2.45) is 11.7 Å². The Morgan fingerprint density at radius 2 is 2.07 bits per heavy atom. The average Bonchev–Trinajstić information content (AvgIpc) is 3.48. The van der Waals surface area contributed by atoms with Crippen LogP contribution in [0.2, 0.25) is 0 Å². The maximum atomic E-state index is 15.2. The van der Waals surface area contributed by atoms with Gasteiger partial charge in [0.2, 0.25) is 5.43 Å². The SMILES string of the molecule is COc1c(N2CCC(N)C(C)C2)c(F)cc2c(=O)c(C(=O)O)cn(C3CC3)c12. The van der Waals surface area contributed by atoms with Crippen molar-refractivity contribution in [3.05, 3.63) is 33.9 Å². The Hall–Kier alpha value is -2.61. The highest BCUT2D eigenvalue weighted by molar-refractivity contribution is 5.97. The van der Waals surface area contributed by atoms with Gasteiger partial charge in [-0.05, 0) is 31.2 Å². The molecule has 0 spiro atoms. The molecule has 4 rings (SSSR count). The molecular weight excluding hydrogens is 365 g/mol. The van der Waals surface area contributed by atoms with E-state index in [2.05, 4.69) is 0 Å². The minimum Gasteiger partial charge on any atom is -0.492 e. The third kappa shape index (κ3) is 2.92. The monoisotopic (exact) mass is 389 g/mol. The molecule has 150 valence electrons. The molecule has 0 bridgehead atoms. The van der Waals surface area contributed by atoms with Crippen LogP contribution in [0.3, 0.4) is 0 Å². The van der Waals surface area contributed by atoms with E-state index in [1.807, 2.05) is 11.8 Å². The fourth-order valence-corrected chi connectivity index (χ4v) is 4.09. The highest BCUT2D eigenvalue weighted by Crippen LogP contribution is 2.44. The van der Waals surface area contributed by atoms with Crippen LogP contribution in [0.25, 0.3) is 10.9 Å². The van der Waals surface area contributed by atoms with Crippen molar-refractivity contribution in [3.63, 3.8) is 0 Å². The van der Waals surface area contributed by atoms with E-state index in [0.29, 0.717) is 24.3 Å². The second-order valence-electron chi connectivity index (χ2n) is 7.83. The van der Waals surface area contributed by atoms with Crippen LogP contribution in [0.4, 0.5) is 10.1 Å². The average molecular weight is 389 g/mol. The molecule has 2 aliphatic rings. The number of methoxy groups -OCH3 is 1. The lowest BCUT2D eigenvalue weighted by Crippen LogP contribution is -2.46. The van der Waals surface area contributed by atoms with E-state index >= 15 is 4.39 Å². The predicted octanol–water partition coefficient (Wildman–Crippen LogP) is 2.36. The van der Waals surface area contributed by atoms with Crippen molar-refractivity contribution in [1.29, 1.82) is 0 Å². The van der Waals surface area contributed by atoms with Gasteiger partial charge in [0.15, 0.2) is 11.6 Å². The minimum absolute atomic E-state index is 0.0339. The molecule has 2 atom stereocenters. The topological polar surface area (TPSA) is 97.8 Å². The van der Waals surface area contributed by atoms with Gasteiger partial charge >= 0.3 is 5.97 Å². The summed E-state index contributed by atoms with van der Waals surface area (Å²) in [6.07, 6.45) is 3.85. The van der Waals surface area contributed by atoms with Crippen molar-refractivity contribution in [2.75, 3.05) is 25.1 Å². The molecule has 2 unspecified atom stereocenters. The Kier molecular flexibility index (Phi) is 4.53. The van der Waals surface area contributed by atoms with Crippen LogP contribution in [-0.2, 0) is 0 Å². The molecule has 1 saturated heterocycles. The lowest BCUT2D eigenvalue weighted by atomic mass is 9.94. The number of benzene rings is 1. The Labute approximate surface area is 161 Å². The molecule has 3 N–H and O–H groups in total. The molecule has 1 aliphatic carbocycles. The molecule has 7 nitrogen and oxygen atoms in total. The molecule has 1 aromatic heterocycles. The first-order valence-corrected chi connectivity index (χ1v) is 9.52. The summed E-state index contributed by atoms with van der Waals surface area (Å²) < 4.78 is 22.6. The summed E-state index contributed by atoms with van der Waals surface area (Å²) in [5.41, 5.74) is 5.82. The Bertz CT molecular complexity index is 1010. The first kappa shape index (κ1) is 18.7. The smallest absolute Gasteiger partial charge is 0.341 e. The number of aromatic carboxylic acids is 1. The van der Waals surface area contributed by atoms with Crippen molar-refractivity contribution < 1.29 is 19.0 Å². The normalized spacial score (nSPS) is 22.5. The first-order chi connectivity index (χ1) is 13.3. The summed E-state index contributed by atoms with van der Waals surface area (Å²) in [5.74, 6) is -1.44. The van der Waals surface area contributed by atoms with E-state index in [-0.39, 0.29) is 34.7 Å². The van der Waals surface area contributed by atoms with Crippen LogP contribution in [0.5, 0.6) is 5.75 Å². The fourth-order valence-electron chi connectivity index (χ4n) is 4.09. The van der Waals surface area contributed by atoms with Crippen LogP contribution < -0.4 is 20.8 Å². The van der Waals surface area contributed by atoms with Crippen molar-refractivity contribution in [3.8, 4) is 5.75 Å². The largest absolute Gasteiger partial charge is 0.492 e. The van der Waals surface area contributed by atoms with Gasteiger partial charge in [0, 0.05) is 31.4 Å². The summed E-state index contributed by atoms with van der Waals surface area (Å²) in [5, 5.41) is 9.44. The highest BCUT2D eigenvalue weighted by Gasteiger charge is 2.33. The Morgan fingerprint density at radius 1 is 1.36 bits per heavy atom. The van der Waals surface area contributed by atoms with E-state index in [4.69, 9.17) is 10.5 Å². The molecule has 1 aliphatic heterocycles. The second kappa shape index (κ2) is 6.77. The molecule has 0 radical (unpaired) electrons. The van der Waals surface area contributed by atoms with Crippen LogP contribution >= 0.6 is 0 Å². The van der Waals surface area contributed by atoms with Gasteiger partial charge < -0.3 is 25.0 Å². The zero-order chi connectivity index (χ0) is 20.2. The number of piperidine rings is 1. The van der Waals surface area contributed by atoms with Crippen molar-refractivity contribution >= 4 is 22.6 Å². The first-order valence-electron chi connectivity index (χ1n) is 9.52. The maximum absolute atomic E-state index is 15.2. The van der Waals surface area contributed by atoms with Gasteiger partial charge in [-0.25, -0.2) is 9.18 Å². The van der Waals surface area contributed by atoms with E-state index in [9.17, 15) is 14.7 Å². The number of hydrogen-bond donors (Lipinski definition) is 2. The van der Waals surface area contributed by atoms with Crippen molar-refractivity contribution in [1.82, 2.24) is 4.57 Å². The summed E-state index contributed by atoms with van der Waals surface area (Å²) in [7, 11) is 1.45. The number of halogens is 1. The molecule has 1 saturated carbocycles. The van der Waals surface area contributed by atoms with Gasteiger partial charge in [-0.1, -0.05) is 6.92 Å². The van der Waals surface area contributed by atoms with Gasteiger partial charge in [0.25, 0.3) is 0 Å². The number of carbonyl (C=O) groups is 1. The highest BCUT2D eigenvalue weighted by atomic mass is 19.1. The quantitative estimate of drug-likeness (QED) is 0.833. The number of ether oxygens (including phenoxy) is 1. The van der Waals surface area contributed by atoms with E-state index < -0.39 is 17.2 Å². The summed E-state index contributed by atoms with van der Waals surface area (Å²) in [6.45, 7) is 3.20. The predicted molar refractivity (Wildman–Crippen MR) is 104 cm³/mol. The standard InChI is InChI=1S/C20H24FN3O4/c1-10-8-23(6-5-15(10)22)17-14(21)7-12-16(19(17)28-2)24(11-3-4-11)9-13(18(12)25)20(26)27/h7,9-11,15H,3-6,8,22H2,1-2H3,(H,26,27). The number of nitrogens with two attached hydrogens (primary N) is 1. The number of hydrogen-bond acceptors (Lipinski definition) is 5. The van der Waals surface area contributed by atoms with Crippen LogP contribution in [-0.4, -0.2) is 41.9 Å². The summed E-state index contributed by atoms with van der Waals surface area (Å²) >= 11 is 0. The van der Waals surface area contributed by atoms with Gasteiger partial charge in [0.1, 0.15) is 11.3 Å². The molecule has 2 heterocycles. The zero-order valence-electron chi connectivity index (χ0n) is 15.9. The van der Waals surface area contributed by atoms with E-state index in [1.165, 1.54) is 13.3 Å². The second-order valence-corrected chi connectivity index (χ2v) is 7.83. The number of carboxylic acids is 1. The number of fused-ring (bicyclic) bond motifs is 1. The minimum atomic E-state index is -1.32. The van der Waals surface area contributed by atoms with Crippen LogP contribution in [0.1, 0.15) is 42.6 Å². The van der Waals surface area contributed by atoms with Crippen LogP contribution in [0, 0.1) is 11.7 Å². The van der Waals surface area contributed by atoms with E-state index in [1.54, 1.807) is 4.57 Å².